The van der Waals surface area contributed by atoms with Gasteiger partial charge in [0, 0.05) is 43.0 Å². The predicted octanol–water partition coefficient (Wildman–Crippen LogP) is 3.17. The minimum atomic E-state index is 0.562. The van der Waals surface area contributed by atoms with Gasteiger partial charge in [0.05, 0.1) is 12.1 Å². The summed E-state index contributed by atoms with van der Waals surface area (Å²) in [6.07, 6.45) is 2.56. The molecule has 1 aliphatic heterocycles. The maximum atomic E-state index is 5.68. The number of aromatic nitrogens is 1. The Labute approximate surface area is 125 Å². The molecule has 112 valence electrons. The molecule has 0 spiro atoms. The standard InChI is InChI=1S/C17H22N2O2/c1-13-11-17(19-7-3-4-8-19)15-6-5-14(12-16(15)18-13)21-10-9-20-2/h5-6,11-12H,3-4,7-10H2,1-2H3. The molecule has 1 saturated heterocycles. The van der Waals surface area contributed by atoms with Crippen molar-refractivity contribution in [1.82, 2.24) is 4.98 Å². The van der Waals surface area contributed by atoms with E-state index in [-0.39, 0.29) is 0 Å². The topological polar surface area (TPSA) is 34.6 Å². The van der Waals surface area contributed by atoms with E-state index in [4.69, 9.17) is 9.47 Å². The molecule has 1 fully saturated rings. The van der Waals surface area contributed by atoms with Crippen molar-refractivity contribution in [3.05, 3.63) is 30.0 Å². The molecular weight excluding hydrogens is 264 g/mol. The monoisotopic (exact) mass is 286 g/mol. The second kappa shape index (κ2) is 6.31. The molecule has 1 aromatic heterocycles. The third-order valence-electron chi connectivity index (χ3n) is 3.89. The number of hydrogen-bond donors (Lipinski definition) is 0. The van der Waals surface area contributed by atoms with Crippen LogP contribution in [-0.2, 0) is 4.74 Å². The van der Waals surface area contributed by atoms with Crippen LogP contribution in [0, 0.1) is 6.92 Å². The molecule has 0 unspecified atom stereocenters. The maximum absolute atomic E-state index is 5.68. The van der Waals surface area contributed by atoms with Crippen molar-refractivity contribution in [2.75, 3.05) is 38.3 Å². The van der Waals surface area contributed by atoms with E-state index in [1.807, 2.05) is 12.1 Å². The summed E-state index contributed by atoms with van der Waals surface area (Å²) < 4.78 is 10.7. The molecule has 0 amide bonds. The molecule has 0 bridgehead atoms. The van der Waals surface area contributed by atoms with Gasteiger partial charge in [-0.2, -0.15) is 0 Å². The van der Waals surface area contributed by atoms with E-state index in [9.17, 15) is 0 Å². The molecular formula is C17H22N2O2. The lowest BCUT2D eigenvalue weighted by atomic mass is 10.1. The summed E-state index contributed by atoms with van der Waals surface area (Å²) in [6.45, 7) is 5.50. The molecule has 0 aliphatic carbocycles. The fourth-order valence-electron chi connectivity index (χ4n) is 2.87. The maximum Gasteiger partial charge on any atom is 0.121 e. The Balaban J connectivity index is 1.93. The lowest BCUT2D eigenvalue weighted by molar-refractivity contribution is 0.146. The van der Waals surface area contributed by atoms with Gasteiger partial charge in [-0.05, 0) is 38.0 Å². The molecule has 1 aromatic carbocycles. The number of ether oxygens (including phenoxy) is 2. The first-order chi connectivity index (χ1) is 10.3. The first kappa shape index (κ1) is 14.1. The SMILES string of the molecule is COCCOc1ccc2c(N3CCCC3)cc(C)nc2c1. The van der Waals surface area contributed by atoms with E-state index in [1.165, 1.54) is 23.9 Å². The lowest BCUT2D eigenvalue weighted by Gasteiger charge is -2.20. The van der Waals surface area contributed by atoms with Gasteiger partial charge in [0.1, 0.15) is 12.4 Å². The molecule has 4 heteroatoms. The van der Waals surface area contributed by atoms with Gasteiger partial charge < -0.3 is 14.4 Å². The Bertz CT molecular complexity index is 621. The van der Waals surface area contributed by atoms with Crippen LogP contribution in [-0.4, -0.2) is 38.4 Å². The first-order valence-electron chi connectivity index (χ1n) is 7.56. The summed E-state index contributed by atoms with van der Waals surface area (Å²) in [7, 11) is 1.68. The Kier molecular flexibility index (Phi) is 4.25. The third-order valence-corrected chi connectivity index (χ3v) is 3.89. The molecule has 3 rings (SSSR count). The number of rotatable bonds is 5. The van der Waals surface area contributed by atoms with Gasteiger partial charge in [0.15, 0.2) is 0 Å². The fourth-order valence-corrected chi connectivity index (χ4v) is 2.87. The molecule has 0 N–H and O–H groups in total. The lowest BCUT2D eigenvalue weighted by Crippen LogP contribution is -2.18. The predicted molar refractivity (Wildman–Crippen MR) is 85.3 cm³/mol. The third kappa shape index (κ3) is 3.10. The van der Waals surface area contributed by atoms with Crippen LogP contribution < -0.4 is 9.64 Å². The van der Waals surface area contributed by atoms with E-state index < -0.39 is 0 Å². The zero-order valence-electron chi connectivity index (χ0n) is 12.8. The highest BCUT2D eigenvalue weighted by Gasteiger charge is 2.16. The van der Waals surface area contributed by atoms with E-state index in [1.54, 1.807) is 7.11 Å². The Morgan fingerprint density at radius 2 is 1.95 bits per heavy atom. The van der Waals surface area contributed by atoms with E-state index in [2.05, 4.69) is 28.9 Å². The Morgan fingerprint density at radius 1 is 1.14 bits per heavy atom. The molecule has 0 atom stereocenters. The van der Waals surface area contributed by atoms with Crippen LogP contribution in [0.5, 0.6) is 5.75 Å². The van der Waals surface area contributed by atoms with Crippen LogP contribution in [0.15, 0.2) is 24.3 Å². The summed E-state index contributed by atoms with van der Waals surface area (Å²) in [4.78, 5) is 7.12. The van der Waals surface area contributed by atoms with E-state index >= 15 is 0 Å². The zero-order chi connectivity index (χ0) is 14.7. The highest BCUT2D eigenvalue weighted by Crippen LogP contribution is 2.31. The average Bonchev–Trinajstić information content (AvgIpc) is 3.00. The van der Waals surface area contributed by atoms with Crippen LogP contribution in [0.3, 0.4) is 0 Å². The molecule has 0 saturated carbocycles. The molecule has 0 radical (unpaired) electrons. The minimum Gasteiger partial charge on any atom is -0.491 e. The van der Waals surface area contributed by atoms with Crippen molar-refractivity contribution in [2.45, 2.75) is 19.8 Å². The molecule has 2 heterocycles. The van der Waals surface area contributed by atoms with Crippen molar-refractivity contribution in [1.29, 1.82) is 0 Å². The van der Waals surface area contributed by atoms with Crippen LogP contribution in [0.25, 0.3) is 10.9 Å². The largest absolute Gasteiger partial charge is 0.491 e. The van der Waals surface area contributed by atoms with Gasteiger partial charge >= 0.3 is 0 Å². The van der Waals surface area contributed by atoms with Crippen molar-refractivity contribution >= 4 is 16.6 Å². The number of fused-ring (bicyclic) bond motifs is 1. The number of pyridine rings is 1. The van der Waals surface area contributed by atoms with Crippen LogP contribution >= 0.6 is 0 Å². The summed E-state index contributed by atoms with van der Waals surface area (Å²) in [5, 5.41) is 1.21. The second-order valence-corrected chi connectivity index (χ2v) is 5.50. The summed E-state index contributed by atoms with van der Waals surface area (Å²) >= 11 is 0. The highest BCUT2D eigenvalue weighted by molar-refractivity contribution is 5.93. The van der Waals surface area contributed by atoms with Gasteiger partial charge in [-0.25, -0.2) is 0 Å². The molecule has 1 aliphatic rings. The minimum absolute atomic E-state index is 0.562. The highest BCUT2D eigenvalue weighted by atomic mass is 16.5. The normalized spacial score (nSPS) is 14.9. The average molecular weight is 286 g/mol. The van der Waals surface area contributed by atoms with Crippen LogP contribution in [0.1, 0.15) is 18.5 Å². The number of hydrogen-bond acceptors (Lipinski definition) is 4. The van der Waals surface area contributed by atoms with Crippen molar-refractivity contribution < 1.29 is 9.47 Å². The van der Waals surface area contributed by atoms with Gasteiger partial charge in [0.2, 0.25) is 0 Å². The quantitative estimate of drug-likeness (QED) is 0.791. The zero-order valence-corrected chi connectivity index (χ0v) is 12.8. The number of nitrogens with zero attached hydrogens (tertiary/aromatic N) is 2. The number of benzene rings is 1. The molecule has 2 aromatic rings. The molecule has 21 heavy (non-hydrogen) atoms. The summed E-state index contributed by atoms with van der Waals surface area (Å²) in [5.74, 6) is 0.852. The van der Waals surface area contributed by atoms with Crippen molar-refractivity contribution in [2.24, 2.45) is 0 Å². The summed E-state index contributed by atoms with van der Waals surface area (Å²) in [6, 6.07) is 8.36. The van der Waals surface area contributed by atoms with Crippen molar-refractivity contribution in [3.63, 3.8) is 0 Å². The fraction of sp³-hybridized carbons (Fsp3) is 0.471. The van der Waals surface area contributed by atoms with Gasteiger partial charge in [-0.15, -0.1) is 0 Å². The van der Waals surface area contributed by atoms with Crippen LogP contribution in [0.4, 0.5) is 5.69 Å². The number of methoxy groups -OCH3 is 1. The smallest absolute Gasteiger partial charge is 0.121 e. The number of aryl methyl sites for hydroxylation is 1. The van der Waals surface area contributed by atoms with Crippen LogP contribution in [0.2, 0.25) is 0 Å². The van der Waals surface area contributed by atoms with Crippen molar-refractivity contribution in [3.8, 4) is 5.75 Å². The Hall–Kier alpha value is -1.81. The first-order valence-corrected chi connectivity index (χ1v) is 7.56. The Morgan fingerprint density at radius 3 is 2.71 bits per heavy atom. The van der Waals surface area contributed by atoms with Gasteiger partial charge in [0.25, 0.3) is 0 Å². The molecule has 4 nitrogen and oxygen atoms in total. The number of anilines is 1. The van der Waals surface area contributed by atoms with E-state index in [0.29, 0.717) is 13.2 Å². The summed E-state index contributed by atoms with van der Waals surface area (Å²) in [5.41, 5.74) is 3.36. The van der Waals surface area contributed by atoms with Gasteiger partial charge in [-0.3, -0.25) is 4.98 Å². The van der Waals surface area contributed by atoms with E-state index in [0.717, 1.165) is 30.0 Å². The van der Waals surface area contributed by atoms with Gasteiger partial charge in [-0.1, -0.05) is 0 Å². The second-order valence-electron chi connectivity index (χ2n) is 5.50.